The molecule has 1 fully saturated rings. The van der Waals surface area contributed by atoms with E-state index in [4.69, 9.17) is 4.74 Å². The number of aromatic nitrogens is 4. The summed E-state index contributed by atoms with van der Waals surface area (Å²) in [7, 11) is 3.94. The first-order valence-corrected chi connectivity index (χ1v) is 9.39. The molecular weight excluding hydrogens is 396 g/mol. The molecule has 0 unspecified atom stereocenters. The van der Waals surface area contributed by atoms with Crippen molar-refractivity contribution < 1.29 is 4.74 Å². The Morgan fingerprint density at radius 1 is 1.19 bits per heavy atom. The summed E-state index contributed by atoms with van der Waals surface area (Å²) >= 11 is 3.54. The van der Waals surface area contributed by atoms with Crippen LogP contribution in [0.4, 0.5) is 11.5 Å². The highest BCUT2D eigenvalue weighted by Crippen LogP contribution is 2.31. The molecule has 0 radical (unpaired) electrons. The second kappa shape index (κ2) is 7.20. The molecule has 0 atom stereocenters. The van der Waals surface area contributed by atoms with Crippen LogP contribution in [-0.2, 0) is 18.3 Å². The van der Waals surface area contributed by atoms with E-state index in [1.165, 1.54) is 11.3 Å². The maximum absolute atomic E-state index is 5.49. The Balaban J connectivity index is 1.66. The highest BCUT2D eigenvalue weighted by Gasteiger charge is 2.19. The summed E-state index contributed by atoms with van der Waals surface area (Å²) in [5.74, 6) is 0.867. The van der Waals surface area contributed by atoms with E-state index in [9.17, 15) is 0 Å². The molecule has 1 aromatic carbocycles. The number of para-hydroxylation sites is 1. The standard InChI is InChI=1S/C18H21BrN6O/c1-23(17-15-16(19)22-24(2)18(15)21-12-20-17)11-13-5-3-4-6-14(13)25-7-9-26-10-8-25/h3-6,12H,7-11H2,1-2H3. The van der Waals surface area contributed by atoms with E-state index in [2.05, 4.69) is 72.1 Å². The molecule has 0 saturated carbocycles. The van der Waals surface area contributed by atoms with Crippen molar-refractivity contribution in [1.29, 1.82) is 0 Å². The van der Waals surface area contributed by atoms with Crippen molar-refractivity contribution in [2.45, 2.75) is 6.54 Å². The van der Waals surface area contributed by atoms with Gasteiger partial charge < -0.3 is 14.5 Å². The molecule has 0 bridgehead atoms. The Bertz CT molecular complexity index is 921. The summed E-state index contributed by atoms with van der Waals surface area (Å²) in [6, 6.07) is 8.54. The maximum Gasteiger partial charge on any atom is 0.164 e. The zero-order chi connectivity index (χ0) is 18.1. The topological polar surface area (TPSA) is 59.3 Å². The van der Waals surface area contributed by atoms with Gasteiger partial charge >= 0.3 is 0 Å². The number of nitrogens with zero attached hydrogens (tertiary/aromatic N) is 6. The molecule has 0 N–H and O–H groups in total. The van der Waals surface area contributed by atoms with Crippen molar-refractivity contribution in [3.8, 4) is 0 Å². The first-order valence-electron chi connectivity index (χ1n) is 8.60. The van der Waals surface area contributed by atoms with E-state index < -0.39 is 0 Å². The van der Waals surface area contributed by atoms with Crippen molar-refractivity contribution in [3.63, 3.8) is 0 Å². The molecule has 3 heterocycles. The van der Waals surface area contributed by atoms with Crippen LogP contribution < -0.4 is 9.80 Å². The molecular formula is C18H21BrN6O. The zero-order valence-electron chi connectivity index (χ0n) is 14.9. The van der Waals surface area contributed by atoms with Crippen LogP contribution in [0.1, 0.15) is 5.56 Å². The van der Waals surface area contributed by atoms with Gasteiger partial charge in [-0.1, -0.05) is 18.2 Å². The highest BCUT2D eigenvalue weighted by atomic mass is 79.9. The number of ether oxygens (including phenoxy) is 1. The number of benzene rings is 1. The molecule has 2 aromatic heterocycles. The fraction of sp³-hybridized carbons (Fsp3) is 0.389. The van der Waals surface area contributed by atoms with Crippen LogP contribution in [0.2, 0.25) is 0 Å². The minimum Gasteiger partial charge on any atom is -0.378 e. The predicted molar refractivity (Wildman–Crippen MR) is 106 cm³/mol. The quantitative estimate of drug-likeness (QED) is 0.651. The molecule has 0 aliphatic carbocycles. The SMILES string of the molecule is CN(Cc1ccccc1N1CCOCC1)c1ncnc2c1c(Br)nn2C. The summed E-state index contributed by atoms with van der Waals surface area (Å²) in [6.07, 6.45) is 1.59. The van der Waals surface area contributed by atoms with Crippen LogP contribution in [-0.4, -0.2) is 53.1 Å². The van der Waals surface area contributed by atoms with Crippen LogP contribution in [0.15, 0.2) is 35.2 Å². The number of halogens is 1. The molecule has 1 saturated heterocycles. The average Bonchev–Trinajstić information content (AvgIpc) is 2.97. The van der Waals surface area contributed by atoms with Crippen molar-refractivity contribution in [3.05, 3.63) is 40.8 Å². The zero-order valence-corrected chi connectivity index (χ0v) is 16.5. The first-order chi connectivity index (χ1) is 12.6. The third kappa shape index (κ3) is 3.14. The van der Waals surface area contributed by atoms with E-state index in [0.29, 0.717) is 0 Å². The average molecular weight is 417 g/mol. The minimum absolute atomic E-state index is 0.751. The molecule has 7 nitrogen and oxygen atoms in total. The Kier molecular flexibility index (Phi) is 4.78. The predicted octanol–water partition coefficient (Wildman–Crippen LogP) is 2.60. The van der Waals surface area contributed by atoms with Crippen LogP contribution in [0.25, 0.3) is 11.0 Å². The van der Waals surface area contributed by atoms with Gasteiger partial charge in [0.15, 0.2) is 5.65 Å². The van der Waals surface area contributed by atoms with Gasteiger partial charge in [-0.15, -0.1) is 0 Å². The third-order valence-electron chi connectivity index (χ3n) is 4.67. The Morgan fingerprint density at radius 2 is 1.96 bits per heavy atom. The fourth-order valence-electron chi connectivity index (χ4n) is 3.40. The molecule has 0 spiro atoms. The molecule has 26 heavy (non-hydrogen) atoms. The lowest BCUT2D eigenvalue weighted by molar-refractivity contribution is 0.122. The molecule has 1 aliphatic rings. The van der Waals surface area contributed by atoms with Crippen molar-refractivity contribution >= 4 is 38.5 Å². The van der Waals surface area contributed by atoms with E-state index >= 15 is 0 Å². The number of anilines is 2. The molecule has 4 rings (SSSR count). The smallest absolute Gasteiger partial charge is 0.164 e. The third-order valence-corrected chi connectivity index (χ3v) is 5.23. The van der Waals surface area contributed by atoms with Gasteiger partial charge in [0.1, 0.15) is 16.7 Å². The van der Waals surface area contributed by atoms with E-state index in [1.807, 2.05) is 7.05 Å². The lowest BCUT2D eigenvalue weighted by Crippen LogP contribution is -2.37. The summed E-state index contributed by atoms with van der Waals surface area (Å²) in [6.45, 7) is 4.15. The molecule has 136 valence electrons. The largest absolute Gasteiger partial charge is 0.378 e. The van der Waals surface area contributed by atoms with Gasteiger partial charge in [0, 0.05) is 39.4 Å². The molecule has 1 aliphatic heterocycles. The monoisotopic (exact) mass is 416 g/mol. The second-order valence-corrected chi connectivity index (χ2v) is 7.15. The number of morpholine rings is 1. The minimum atomic E-state index is 0.751. The number of hydrogen-bond donors (Lipinski definition) is 0. The molecule has 0 amide bonds. The van der Waals surface area contributed by atoms with Gasteiger partial charge in [-0.05, 0) is 27.6 Å². The van der Waals surface area contributed by atoms with Crippen LogP contribution in [0.3, 0.4) is 0 Å². The van der Waals surface area contributed by atoms with Gasteiger partial charge in [-0.2, -0.15) is 5.10 Å². The normalized spacial score (nSPS) is 14.8. The summed E-state index contributed by atoms with van der Waals surface area (Å²) in [5, 5.41) is 5.35. The van der Waals surface area contributed by atoms with Gasteiger partial charge in [0.05, 0.1) is 18.6 Å². The van der Waals surface area contributed by atoms with Crippen LogP contribution in [0.5, 0.6) is 0 Å². The van der Waals surface area contributed by atoms with E-state index in [0.717, 1.165) is 54.3 Å². The Hall–Kier alpha value is -2.19. The molecule has 8 heteroatoms. The van der Waals surface area contributed by atoms with Crippen LogP contribution in [0, 0.1) is 0 Å². The van der Waals surface area contributed by atoms with Crippen molar-refractivity contribution in [1.82, 2.24) is 19.7 Å². The van der Waals surface area contributed by atoms with Gasteiger partial charge in [-0.25, -0.2) is 14.6 Å². The number of hydrogen-bond acceptors (Lipinski definition) is 6. The summed E-state index contributed by atoms with van der Waals surface area (Å²) in [5.41, 5.74) is 3.34. The van der Waals surface area contributed by atoms with Crippen molar-refractivity contribution in [2.75, 3.05) is 43.2 Å². The van der Waals surface area contributed by atoms with Gasteiger partial charge in [-0.3, -0.25) is 0 Å². The lowest BCUT2D eigenvalue weighted by atomic mass is 10.1. The number of rotatable bonds is 4. The van der Waals surface area contributed by atoms with Gasteiger partial charge in [0.2, 0.25) is 0 Å². The van der Waals surface area contributed by atoms with E-state index in [-0.39, 0.29) is 0 Å². The highest BCUT2D eigenvalue weighted by molar-refractivity contribution is 9.10. The summed E-state index contributed by atoms with van der Waals surface area (Å²) < 4.78 is 8.02. The lowest BCUT2D eigenvalue weighted by Gasteiger charge is -2.31. The second-order valence-electron chi connectivity index (χ2n) is 6.39. The first kappa shape index (κ1) is 17.2. The Morgan fingerprint density at radius 3 is 2.77 bits per heavy atom. The number of aryl methyl sites for hydroxylation is 1. The number of fused-ring (bicyclic) bond motifs is 1. The van der Waals surface area contributed by atoms with E-state index in [1.54, 1.807) is 11.0 Å². The Labute approximate surface area is 160 Å². The molecule has 3 aromatic rings. The van der Waals surface area contributed by atoms with Crippen molar-refractivity contribution in [2.24, 2.45) is 7.05 Å². The van der Waals surface area contributed by atoms with Gasteiger partial charge in [0.25, 0.3) is 0 Å². The fourth-order valence-corrected chi connectivity index (χ4v) is 4.00. The maximum atomic E-state index is 5.49. The van der Waals surface area contributed by atoms with Crippen LogP contribution >= 0.6 is 15.9 Å². The summed E-state index contributed by atoms with van der Waals surface area (Å²) in [4.78, 5) is 13.4.